The van der Waals surface area contributed by atoms with Crippen LogP contribution in [0.3, 0.4) is 0 Å². The number of hydrogen-bond acceptors (Lipinski definition) is 2. The summed E-state index contributed by atoms with van der Waals surface area (Å²) < 4.78 is 0. The van der Waals surface area contributed by atoms with Gasteiger partial charge in [-0.2, -0.15) is 11.8 Å². The molecule has 0 aliphatic carbocycles. The number of rotatable bonds is 3. The zero-order valence-electron chi connectivity index (χ0n) is 7.05. The second-order valence-electron chi connectivity index (χ2n) is 3.36. The van der Waals surface area contributed by atoms with Gasteiger partial charge in [0.05, 0.1) is 0 Å². The van der Waals surface area contributed by atoms with Crippen LogP contribution in [0.4, 0.5) is 0 Å². The third-order valence-corrected chi connectivity index (χ3v) is 3.55. The van der Waals surface area contributed by atoms with Gasteiger partial charge in [-0.05, 0) is 30.4 Å². The van der Waals surface area contributed by atoms with Gasteiger partial charge in [-0.15, -0.1) is 0 Å². The standard InChI is InChI=1S/C8H17NS/c1-6(2)8(9-3)7-4-10-5-7/h6-9H,4-5H2,1-3H3. The molecule has 0 aromatic carbocycles. The van der Waals surface area contributed by atoms with E-state index in [1.807, 2.05) is 0 Å². The Balaban J connectivity index is 2.31. The van der Waals surface area contributed by atoms with Gasteiger partial charge < -0.3 is 5.32 Å². The molecule has 2 heteroatoms. The maximum Gasteiger partial charge on any atom is 0.0131 e. The molecule has 1 aliphatic heterocycles. The van der Waals surface area contributed by atoms with Crippen molar-refractivity contribution in [1.82, 2.24) is 5.32 Å². The molecular formula is C8H17NS. The summed E-state index contributed by atoms with van der Waals surface area (Å²) in [6.45, 7) is 4.59. The van der Waals surface area contributed by atoms with E-state index in [-0.39, 0.29) is 0 Å². The summed E-state index contributed by atoms with van der Waals surface area (Å²) in [5.74, 6) is 4.46. The van der Waals surface area contributed by atoms with Gasteiger partial charge in [0.25, 0.3) is 0 Å². The van der Waals surface area contributed by atoms with Crippen LogP contribution in [0.15, 0.2) is 0 Å². The van der Waals surface area contributed by atoms with Crippen molar-refractivity contribution < 1.29 is 0 Å². The summed E-state index contributed by atoms with van der Waals surface area (Å²) in [4.78, 5) is 0. The number of thioether (sulfide) groups is 1. The van der Waals surface area contributed by atoms with Gasteiger partial charge in [-0.3, -0.25) is 0 Å². The Morgan fingerprint density at radius 2 is 2.00 bits per heavy atom. The zero-order chi connectivity index (χ0) is 7.56. The lowest BCUT2D eigenvalue weighted by atomic mass is 9.93. The van der Waals surface area contributed by atoms with Gasteiger partial charge in [-0.1, -0.05) is 13.8 Å². The minimum atomic E-state index is 0.751. The Kier molecular flexibility index (Phi) is 3.05. The summed E-state index contributed by atoms with van der Waals surface area (Å²) in [6, 6.07) is 0.751. The molecule has 1 unspecified atom stereocenters. The van der Waals surface area contributed by atoms with Crippen LogP contribution in [0.25, 0.3) is 0 Å². The van der Waals surface area contributed by atoms with Gasteiger partial charge >= 0.3 is 0 Å². The van der Waals surface area contributed by atoms with Crippen molar-refractivity contribution in [1.29, 1.82) is 0 Å². The SMILES string of the molecule is CNC(C(C)C)C1CSC1. The average Bonchev–Trinajstić information content (AvgIpc) is 1.76. The van der Waals surface area contributed by atoms with E-state index in [1.54, 1.807) is 0 Å². The summed E-state index contributed by atoms with van der Waals surface area (Å²) in [5.41, 5.74) is 0. The summed E-state index contributed by atoms with van der Waals surface area (Å²) in [6.07, 6.45) is 0. The van der Waals surface area contributed by atoms with Crippen LogP contribution in [0, 0.1) is 11.8 Å². The molecule has 1 rings (SSSR count). The maximum absolute atomic E-state index is 3.39. The zero-order valence-corrected chi connectivity index (χ0v) is 7.87. The third-order valence-electron chi connectivity index (χ3n) is 2.22. The lowest BCUT2D eigenvalue weighted by Gasteiger charge is -2.35. The Morgan fingerprint density at radius 1 is 1.40 bits per heavy atom. The Bertz CT molecular complexity index is 99.4. The van der Waals surface area contributed by atoms with Crippen LogP contribution in [0.2, 0.25) is 0 Å². The highest BCUT2D eigenvalue weighted by Crippen LogP contribution is 2.30. The van der Waals surface area contributed by atoms with Crippen molar-refractivity contribution in [2.45, 2.75) is 19.9 Å². The van der Waals surface area contributed by atoms with Crippen molar-refractivity contribution in [3.05, 3.63) is 0 Å². The topological polar surface area (TPSA) is 12.0 Å². The van der Waals surface area contributed by atoms with E-state index in [0.29, 0.717) is 0 Å². The highest BCUT2D eigenvalue weighted by atomic mass is 32.2. The van der Waals surface area contributed by atoms with Crippen LogP contribution in [0.5, 0.6) is 0 Å². The van der Waals surface area contributed by atoms with Crippen LogP contribution in [-0.2, 0) is 0 Å². The van der Waals surface area contributed by atoms with Crippen molar-refractivity contribution in [2.24, 2.45) is 11.8 Å². The third kappa shape index (κ3) is 1.67. The van der Waals surface area contributed by atoms with Crippen molar-refractivity contribution in [3.8, 4) is 0 Å². The second-order valence-corrected chi connectivity index (χ2v) is 4.43. The van der Waals surface area contributed by atoms with E-state index < -0.39 is 0 Å². The lowest BCUT2D eigenvalue weighted by molar-refractivity contribution is 0.332. The fraction of sp³-hybridized carbons (Fsp3) is 1.00. The number of hydrogen-bond donors (Lipinski definition) is 1. The van der Waals surface area contributed by atoms with E-state index in [9.17, 15) is 0 Å². The molecule has 0 bridgehead atoms. The highest BCUT2D eigenvalue weighted by Gasteiger charge is 2.28. The predicted octanol–water partition coefficient (Wildman–Crippen LogP) is 1.59. The van der Waals surface area contributed by atoms with Gasteiger partial charge in [0, 0.05) is 6.04 Å². The molecule has 0 spiro atoms. The van der Waals surface area contributed by atoms with E-state index in [1.165, 1.54) is 11.5 Å². The van der Waals surface area contributed by atoms with Crippen LogP contribution in [0.1, 0.15) is 13.8 Å². The van der Waals surface area contributed by atoms with Crippen molar-refractivity contribution >= 4 is 11.8 Å². The maximum atomic E-state index is 3.39. The molecule has 1 heterocycles. The molecule has 1 aliphatic rings. The molecule has 1 nitrogen and oxygen atoms in total. The van der Waals surface area contributed by atoms with E-state index in [4.69, 9.17) is 0 Å². The molecule has 60 valence electrons. The van der Waals surface area contributed by atoms with Crippen LogP contribution >= 0.6 is 11.8 Å². The normalized spacial score (nSPS) is 22.8. The molecule has 10 heavy (non-hydrogen) atoms. The molecule has 1 atom stereocenters. The largest absolute Gasteiger partial charge is 0.316 e. The molecule has 1 N–H and O–H groups in total. The monoisotopic (exact) mass is 159 g/mol. The fourth-order valence-corrected chi connectivity index (χ4v) is 2.50. The first kappa shape index (κ1) is 8.41. The molecule has 0 saturated carbocycles. The minimum absolute atomic E-state index is 0.751. The Morgan fingerprint density at radius 3 is 2.10 bits per heavy atom. The smallest absolute Gasteiger partial charge is 0.0131 e. The van der Waals surface area contributed by atoms with Crippen LogP contribution < -0.4 is 5.32 Å². The Hall–Kier alpha value is 0.310. The molecule has 1 fully saturated rings. The number of nitrogens with one attached hydrogen (secondary N) is 1. The molecule has 0 amide bonds. The van der Waals surface area contributed by atoms with E-state index in [0.717, 1.165) is 17.9 Å². The van der Waals surface area contributed by atoms with E-state index in [2.05, 4.69) is 38.0 Å². The Labute approximate surface area is 68.0 Å². The first-order chi connectivity index (χ1) is 4.75. The summed E-state index contributed by atoms with van der Waals surface area (Å²) in [7, 11) is 2.08. The summed E-state index contributed by atoms with van der Waals surface area (Å²) >= 11 is 2.07. The van der Waals surface area contributed by atoms with Crippen molar-refractivity contribution in [3.63, 3.8) is 0 Å². The second kappa shape index (κ2) is 3.63. The van der Waals surface area contributed by atoms with Crippen LogP contribution in [-0.4, -0.2) is 24.6 Å². The molecule has 0 aromatic rings. The fourth-order valence-electron chi connectivity index (χ4n) is 1.57. The van der Waals surface area contributed by atoms with Gasteiger partial charge in [0.2, 0.25) is 0 Å². The lowest BCUT2D eigenvalue weighted by Crippen LogP contribution is -2.44. The van der Waals surface area contributed by atoms with E-state index >= 15 is 0 Å². The minimum Gasteiger partial charge on any atom is -0.316 e. The van der Waals surface area contributed by atoms with Crippen molar-refractivity contribution in [2.75, 3.05) is 18.6 Å². The highest BCUT2D eigenvalue weighted by molar-refractivity contribution is 8.00. The summed E-state index contributed by atoms with van der Waals surface area (Å²) in [5, 5.41) is 3.39. The molecule has 0 radical (unpaired) electrons. The molecular weight excluding hydrogens is 142 g/mol. The quantitative estimate of drug-likeness (QED) is 0.671. The van der Waals surface area contributed by atoms with Gasteiger partial charge in [-0.25, -0.2) is 0 Å². The molecule has 0 aromatic heterocycles. The first-order valence-corrected chi connectivity index (χ1v) is 5.16. The molecule has 1 saturated heterocycles. The first-order valence-electron chi connectivity index (χ1n) is 4.00. The van der Waals surface area contributed by atoms with Gasteiger partial charge in [0.15, 0.2) is 0 Å². The average molecular weight is 159 g/mol. The predicted molar refractivity (Wildman–Crippen MR) is 48.5 cm³/mol. The van der Waals surface area contributed by atoms with Gasteiger partial charge in [0.1, 0.15) is 0 Å².